The highest BCUT2D eigenvalue weighted by molar-refractivity contribution is 9.11. The van der Waals surface area contributed by atoms with E-state index in [-0.39, 0.29) is 20.9 Å². The second kappa shape index (κ2) is 6.08. The highest BCUT2D eigenvalue weighted by atomic mass is 79.9. The molecule has 7 nitrogen and oxygen atoms in total. The number of carboxylic acids is 1. The molecule has 0 saturated heterocycles. The van der Waals surface area contributed by atoms with Crippen molar-refractivity contribution in [3.05, 3.63) is 45.2 Å². The van der Waals surface area contributed by atoms with Crippen molar-refractivity contribution in [2.45, 2.75) is 4.90 Å². The maximum absolute atomic E-state index is 12.2. The van der Waals surface area contributed by atoms with Gasteiger partial charge in [0, 0.05) is 0 Å². The van der Waals surface area contributed by atoms with Gasteiger partial charge in [0.25, 0.3) is 10.0 Å². The zero-order chi connectivity index (χ0) is 15.6. The van der Waals surface area contributed by atoms with E-state index in [1.807, 2.05) is 0 Å². The molecule has 0 unspecified atom stereocenters. The molecule has 21 heavy (non-hydrogen) atoms. The van der Waals surface area contributed by atoms with Gasteiger partial charge >= 0.3 is 5.97 Å². The van der Waals surface area contributed by atoms with E-state index < -0.39 is 16.0 Å². The normalized spacial score (nSPS) is 11.1. The lowest BCUT2D eigenvalue weighted by atomic mass is 10.2. The van der Waals surface area contributed by atoms with Gasteiger partial charge in [-0.2, -0.15) is 0 Å². The van der Waals surface area contributed by atoms with Crippen LogP contribution < -0.4 is 4.72 Å². The molecule has 10 heteroatoms. The molecule has 1 aromatic carbocycles. The van der Waals surface area contributed by atoms with Gasteiger partial charge in [0.15, 0.2) is 10.4 Å². The van der Waals surface area contributed by atoms with Gasteiger partial charge in [0.05, 0.1) is 16.7 Å². The molecule has 0 spiro atoms. The SMILES string of the molecule is O=C(O)c1ccc(S(=O)(=O)Nc2ncc(Br)nc2Br)cc1. The number of halogens is 2. The number of rotatable bonds is 4. The molecule has 2 rings (SSSR count). The summed E-state index contributed by atoms with van der Waals surface area (Å²) in [4.78, 5) is 18.5. The summed E-state index contributed by atoms with van der Waals surface area (Å²) < 4.78 is 27.3. The lowest BCUT2D eigenvalue weighted by Crippen LogP contribution is -2.15. The molecule has 0 amide bonds. The Morgan fingerprint density at radius 3 is 2.33 bits per heavy atom. The molecule has 2 aromatic rings. The molecule has 0 bridgehead atoms. The van der Waals surface area contributed by atoms with Gasteiger partial charge < -0.3 is 5.11 Å². The summed E-state index contributed by atoms with van der Waals surface area (Å²) in [5, 5.41) is 8.78. The molecule has 2 N–H and O–H groups in total. The number of aromatic carboxylic acids is 1. The standard InChI is InChI=1S/C11H7Br2N3O4S/c12-8-5-14-10(9(13)15-8)16-21(19,20)7-3-1-6(2-4-7)11(17)18/h1-5H,(H,14,16)(H,17,18). The van der Waals surface area contributed by atoms with Crippen molar-refractivity contribution in [2.24, 2.45) is 0 Å². The lowest BCUT2D eigenvalue weighted by Gasteiger charge is -2.08. The van der Waals surface area contributed by atoms with Crippen molar-refractivity contribution in [2.75, 3.05) is 4.72 Å². The highest BCUT2D eigenvalue weighted by Crippen LogP contribution is 2.22. The first-order chi connectivity index (χ1) is 9.79. The average molecular weight is 437 g/mol. The third-order valence-corrected chi connectivity index (χ3v) is 4.63. The minimum atomic E-state index is -3.88. The van der Waals surface area contributed by atoms with E-state index in [4.69, 9.17) is 5.11 Å². The second-order valence-electron chi connectivity index (χ2n) is 3.77. The molecule has 110 valence electrons. The van der Waals surface area contributed by atoms with Crippen LogP contribution in [-0.4, -0.2) is 29.5 Å². The van der Waals surface area contributed by atoms with Crippen molar-refractivity contribution in [3.63, 3.8) is 0 Å². The van der Waals surface area contributed by atoms with Gasteiger partial charge in [-0.1, -0.05) is 0 Å². The zero-order valence-corrected chi connectivity index (χ0v) is 14.1. The van der Waals surface area contributed by atoms with E-state index in [9.17, 15) is 13.2 Å². The van der Waals surface area contributed by atoms with Crippen LogP contribution in [0, 0.1) is 0 Å². The van der Waals surface area contributed by atoms with Crippen molar-refractivity contribution in [1.82, 2.24) is 9.97 Å². The van der Waals surface area contributed by atoms with Crippen molar-refractivity contribution in [3.8, 4) is 0 Å². The number of carbonyl (C=O) groups is 1. The van der Waals surface area contributed by atoms with Crippen LogP contribution >= 0.6 is 31.9 Å². The zero-order valence-electron chi connectivity index (χ0n) is 10.1. The summed E-state index contributed by atoms with van der Waals surface area (Å²) in [6.45, 7) is 0. The maximum atomic E-state index is 12.2. The van der Waals surface area contributed by atoms with Gasteiger partial charge in [-0.3, -0.25) is 4.72 Å². The minimum Gasteiger partial charge on any atom is -0.478 e. The summed E-state index contributed by atoms with van der Waals surface area (Å²) in [5.41, 5.74) is -0.00133. The van der Waals surface area contributed by atoms with Gasteiger partial charge in [0.2, 0.25) is 0 Å². The number of carboxylic acid groups (broad SMARTS) is 1. The smallest absolute Gasteiger partial charge is 0.335 e. The number of nitrogens with one attached hydrogen (secondary N) is 1. The summed E-state index contributed by atoms with van der Waals surface area (Å²) in [6, 6.07) is 4.82. The van der Waals surface area contributed by atoms with Gasteiger partial charge in [-0.15, -0.1) is 0 Å². The Morgan fingerprint density at radius 1 is 1.19 bits per heavy atom. The van der Waals surface area contributed by atoms with Crippen LogP contribution in [0.4, 0.5) is 5.82 Å². The van der Waals surface area contributed by atoms with E-state index in [0.717, 1.165) is 0 Å². The minimum absolute atomic E-state index is 0.00133. The van der Waals surface area contributed by atoms with E-state index >= 15 is 0 Å². The molecule has 0 radical (unpaired) electrons. The monoisotopic (exact) mass is 435 g/mol. The van der Waals surface area contributed by atoms with E-state index in [0.29, 0.717) is 4.60 Å². The van der Waals surface area contributed by atoms with Crippen LogP contribution in [0.2, 0.25) is 0 Å². The molecule has 1 heterocycles. The molecular formula is C11H7Br2N3O4S. The molecule has 0 fully saturated rings. The van der Waals surface area contributed by atoms with Crippen molar-refractivity contribution >= 4 is 53.7 Å². The molecule has 0 atom stereocenters. The molecule has 0 aliphatic heterocycles. The van der Waals surface area contributed by atoms with Crippen LogP contribution in [0.15, 0.2) is 44.6 Å². The average Bonchev–Trinajstić information content (AvgIpc) is 2.42. The lowest BCUT2D eigenvalue weighted by molar-refractivity contribution is 0.0697. The molecule has 0 saturated carbocycles. The number of anilines is 1. The number of sulfonamides is 1. The summed E-state index contributed by atoms with van der Waals surface area (Å²) in [5.74, 6) is -1.10. The Balaban J connectivity index is 2.31. The van der Waals surface area contributed by atoms with Crippen LogP contribution in [0.25, 0.3) is 0 Å². The first-order valence-corrected chi connectivity index (χ1v) is 8.41. The van der Waals surface area contributed by atoms with Gasteiger partial charge in [-0.25, -0.2) is 23.2 Å². The summed E-state index contributed by atoms with van der Waals surface area (Å²) in [6.07, 6.45) is 1.34. The number of hydrogen-bond acceptors (Lipinski definition) is 5. The van der Waals surface area contributed by atoms with Crippen LogP contribution in [0.5, 0.6) is 0 Å². The highest BCUT2D eigenvalue weighted by Gasteiger charge is 2.17. The Bertz CT molecular complexity index is 794. The third kappa shape index (κ3) is 3.77. The molecule has 0 aliphatic carbocycles. The van der Waals surface area contributed by atoms with Crippen molar-refractivity contribution in [1.29, 1.82) is 0 Å². The number of nitrogens with zero attached hydrogens (tertiary/aromatic N) is 2. The van der Waals surface area contributed by atoms with E-state index in [1.165, 1.54) is 30.5 Å². The van der Waals surface area contributed by atoms with Gasteiger partial charge in [0.1, 0.15) is 4.60 Å². The summed E-state index contributed by atoms with van der Waals surface area (Å²) >= 11 is 6.20. The van der Waals surface area contributed by atoms with Crippen LogP contribution in [0.3, 0.4) is 0 Å². The largest absolute Gasteiger partial charge is 0.478 e. The quantitative estimate of drug-likeness (QED) is 0.761. The second-order valence-corrected chi connectivity index (χ2v) is 7.01. The Morgan fingerprint density at radius 2 is 1.81 bits per heavy atom. The predicted molar refractivity (Wildman–Crippen MR) is 81.6 cm³/mol. The van der Waals surface area contributed by atoms with Crippen LogP contribution in [-0.2, 0) is 10.0 Å². The topological polar surface area (TPSA) is 109 Å². The molecule has 0 aliphatic rings. The van der Waals surface area contributed by atoms with Gasteiger partial charge in [-0.05, 0) is 56.1 Å². The Hall–Kier alpha value is -1.52. The molecular weight excluding hydrogens is 430 g/mol. The maximum Gasteiger partial charge on any atom is 0.335 e. The van der Waals surface area contributed by atoms with Crippen LogP contribution in [0.1, 0.15) is 10.4 Å². The fourth-order valence-electron chi connectivity index (χ4n) is 1.38. The predicted octanol–water partition coefficient (Wildman–Crippen LogP) is 2.50. The Labute approximate surface area is 136 Å². The van der Waals surface area contributed by atoms with E-state index in [1.54, 1.807) is 0 Å². The fraction of sp³-hybridized carbons (Fsp3) is 0. The fourth-order valence-corrected chi connectivity index (χ4v) is 3.44. The van der Waals surface area contributed by atoms with E-state index in [2.05, 4.69) is 46.5 Å². The Kier molecular flexibility index (Phi) is 4.59. The summed E-state index contributed by atoms with van der Waals surface area (Å²) in [7, 11) is -3.88. The number of benzene rings is 1. The first kappa shape index (κ1) is 15.9. The first-order valence-electron chi connectivity index (χ1n) is 5.34. The third-order valence-electron chi connectivity index (χ3n) is 2.34. The number of aromatic nitrogens is 2. The van der Waals surface area contributed by atoms with Crippen molar-refractivity contribution < 1.29 is 18.3 Å². The number of hydrogen-bond donors (Lipinski definition) is 2. The molecule has 1 aromatic heterocycles.